The Bertz CT molecular complexity index is 293. The van der Waals surface area contributed by atoms with E-state index in [0.29, 0.717) is 0 Å². The van der Waals surface area contributed by atoms with Gasteiger partial charge < -0.3 is 10.6 Å². The number of halogens is 2. The van der Waals surface area contributed by atoms with Gasteiger partial charge in [0.1, 0.15) is 0 Å². The van der Waals surface area contributed by atoms with Gasteiger partial charge in [-0.3, -0.25) is 0 Å². The molecule has 1 saturated heterocycles. The summed E-state index contributed by atoms with van der Waals surface area (Å²) in [6, 6.07) is 8.26. The minimum atomic E-state index is 0. The summed E-state index contributed by atoms with van der Waals surface area (Å²) < 4.78 is 0. The Labute approximate surface area is 116 Å². The van der Waals surface area contributed by atoms with Crippen molar-refractivity contribution in [2.24, 2.45) is 0 Å². The minimum absolute atomic E-state index is 0. The summed E-state index contributed by atoms with van der Waals surface area (Å²) in [5.41, 5.74) is 7.87. The van der Waals surface area contributed by atoms with E-state index in [1.165, 1.54) is 50.9 Å². The Morgan fingerprint density at radius 1 is 0.765 bits per heavy atom. The normalized spacial score (nSPS) is 16.1. The van der Waals surface area contributed by atoms with Gasteiger partial charge in [0.2, 0.25) is 0 Å². The van der Waals surface area contributed by atoms with Crippen LogP contribution in [0.2, 0.25) is 0 Å². The van der Waals surface area contributed by atoms with Gasteiger partial charge >= 0.3 is 0 Å². The van der Waals surface area contributed by atoms with Crippen LogP contribution in [0, 0.1) is 0 Å². The highest BCUT2D eigenvalue weighted by molar-refractivity contribution is 5.85. The summed E-state index contributed by atoms with van der Waals surface area (Å²) in [7, 11) is 0. The second-order valence-corrected chi connectivity index (χ2v) is 4.35. The van der Waals surface area contributed by atoms with Crippen LogP contribution in [0.15, 0.2) is 24.3 Å². The number of nitrogen functional groups attached to an aromatic ring is 1. The lowest BCUT2D eigenvalue weighted by Crippen LogP contribution is -2.26. The van der Waals surface area contributed by atoms with Crippen LogP contribution in [-0.4, -0.2) is 13.1 Å². The fourth-order valence-corrected chi connectivity index (χ4v) is 2.19. The average Bonchev–Trinajstić information content (AvgIpc) is 2.19. The fourth-order valence-electron chi connectivity index (χ4n) is 2.19. The quantitative estimate of drug-likeness (QED) is 0.789. The summed E-state index contributed by atoms with van der Waals surface area (Å²) in [6.45, 7) is 2.40. The van der Waals surface area contributed by atoms with Gasteiger partial charge in [-0.1, -0.05) is 19.3 Å². The molecule has 1 aromatic carbocycles. The molecule has 0 amide bonds. The first-order chi connectivity index (χ1) is 7.36. The molecule has 98 valence electrons. The molecular weight excluding hydrogens is 255 g/mol. The third-order valence-electron chi connectivity index (χ3n) is 3.11. The highest BCUT2D eigenvalue weighted by Gasteiger charge is 2.08. The minimum Gasteiger partial charge on any atom is -0.399 e. The van der Waals surface area contributed by atoms with Crippen molar-refractivity contribution in [1.82, 2.24) is 0 Å². The van der Waals surface area contributed by atoms with Crippen LogP contribution < -0.4 is 10.6 Å². The third kappa shape index (κ3) is 5.05. The fraction of sp³-hybridized carbons (Fsp3) is 0.538. The Balaban J connectivity index is 0.00000128. The summed E-state index contributed by atoms with van der Waals surface area (Å²) in [5.74, 6) is 0. The van der Waals surface area contributed by atoms with Crippen LogP contribution in [0.5, 0.6) is 0 Å². The molecule has 0 aromatic heterocycles. The molecule has 1 aromatic rings. The summed E-state index contributed by atoms with van der Waals surface area (Å²) >= 11 is 0. The predicted molar refractivity (Wildman–Crippen MR) is 80.6 cm³/mol. The molecule has 2 rings (SSSR count). The highest BCUT2D eigenvalue weighted by atomic mass is 35.5. The lowest BCUT2D eigenvalue weighted by Gasteiger charge is -2.26. The molecule has 1 fully saturated rings. The molecule has 2 N–H and O–H groups in total. The molecular formula is C13H22Cl2N2. The summed E-state index contributed by atoms with van der Waals surface area (Å²) in [5, 5.41) is 0. The maximum absolute atomic E-state index is 5.69. The highest BCUT2D eigenvalue weighted by Crippen LogP contribution is 2.20. The first-order valence-corrected chi connectivity index (χ1v) is 5.97. The Kier molecular flexibility index (Phi) is 8.19. The predicted octanol–water partition coefficient (Wildman–Crippen LogP) is 3.88. The molecule has 0 saturated carbocycles. The van der Waals surface area contributed by atoms with E-state index in [1.807, 2.05) is 12.1 Å². The molecule has 1 heterocycles. The molecule has 0 spiro atoms. The van der Waals surface area contributed by atoms with E-state index in [9.17, 15) is 0 Å². The molecule has 2 nitrogen and oxygen atoms in total. The molecule has 1 aliphatic heterocycles. The third-order valence-corrected chi connectivity index (χ3v) is 3.11. The molecule has 0 radical (unpaired) electrons. The topological polar surface area (TPSA) is 29.3 Å². The van der Waals surface area contributed by atoms with E-state index in [1.54, 1.807) is 0 Å². The SMILES string of the molecule is Cl.Cl.Nc1ccc(N2CCCCCCC2)cc1. The van der Waals surface area contributed by atoms with Crippen LogP contribution in [0.4, 0.5) is 11.4 Å². The molecule has 4 heteroatoms. The van der Waals surface area contributed by atoms with Gasteiger partial charge in [-0.15, -0.1) is 24.8 Å². The first kappa shape index (κ1) is 16.4. The molecule has 17 heavy (non-hydrogen) atoms. The zero-order valence-electron chi connectivity index (χ0n) is 10.1. The maximum Gasteiger partial charge on any atom is 0.0367 e. The lowest BCUT2D eigenvalue weighted by molar-refractivity contribution is 0.556. The summed E-state index contributed by atoms with van der Waals surface area (Å²) in [6.07, 6.45) is 6.82. The number of nitrogens with zero attached hydrogens (tertiary/aromatic N) is 1. The van der Waals surface area contributed by atoms with Gasteiger partial charge in [0, 0.05) is 24.5 Å². The zero-order chi connectivity index (χ0) is 10.5. The van der Waals surface area contributed by atoms with Crippen molar-refractivity contribution >= 4 is 36.2 Å². The number of hydrogen-bond acceptors (Lipinski definition) is 2. The average molecular weight is 277 g/mol. The van der Waals surface area contributed by atoms with Crippen LogP contribution in [-0.2, 0) is 0 Å². The largest absolute Gasteiger partial charge is 0.399 e. The second-order valence-electron chi connectivity index (χ2n) is 4.35. The van der Waals surface area contributed by atoms with Crippen LogP contribution in [0.1, 0.15) is 32.1 Å². The van der Waals surface area contributed by atoms with Crippen LogP contribution >= 0.6 is 24.8 Å². The van der Waals surface area contributed by atoms with E-state index >= 15 is 0 Å². The van der Waals surface area contributed by atoms with Crippen LogP contribution in [0.3, 0.4) is 0 Å². The van der Waals surface area contributed by atoms with Crippen molar-refractivity contribution in [1.29, 1.82) is 0 Å². The smallest absolute Gasteiger partial charge is 0.0367 e. The van der Waals surface area contributed by atoms with Gasteiger partial charge in [0.15, 0.2) is 0 Å². The van der Waals surface area contributed by atoms with E-state index in [4.69, 9.17) is 5.73 Å². The van der Waals surface area contributed by atoms with Gasteiger partial charge in [0.25, 0.3) is 0 Å². The standard InChI is InChI=1S/C13H20N2.2ClH/c14-12-6-8-13(9-7-12)15-10-4-2-1-3-5-11-15;;/h6-9H,1-5,10-11,14H2;2*1H. The summed E-state index contributed by atoms with van der Waals surface area (Å²) in [4.78, 5) is 2.48. The van der Waals surface area contributed by atoms with E-state index in [-0.39, 0.29) is 24.8 Å². The number of benzene rings is 1. The molecule has 0 atom stereocenters. The van der Waals surface area contributed by atoms with Gasteiger partial charge in [-0.2, -0.15) is 0 Å². The first-order valence-electron chi connectivity index (χ1n) is 5.97. The second kappa shape index (κ2) is 8.48. The monoisotopic (exact) mass is 276 g/mol. The number of hydrogen-bond donors (Lipinski definition) is 1. The van der Waals surface area contributed by atoms with Gasteiger partial charge in [-0.05, 0) is 37.1 Å². The molecule has 0 unspecified atom stereocenters. The van der Waals surface area contributed by atoms with Crippen molar-refractivity contribution < 1.29 is 0 Å². The number of nitrogens with two attached hydrogens (primary N) is 1. The van der Waals surface area contributed by atoms with E-state index in [2.05, 4.69) is 17.0 Å². The lowest BCUT2D eigenvalue weighted by atomic mass is 10.1. The number of rotatable bonds is 1. The zero-order valence-corrected chi connectivity index (χ0v) is 11.7. The Morgan fingerprint density at radius 2 is 1.24 bits per heavy atom. The number of anilines is 2. The molecule has 1 aliphatic rings. The van der Waals surface area contributed by atoms with Crippen molar-refractivity contribution in [3.63, 3.8) is 0 Å². The van der Waals surface area contributed by atoms with Gasteiger partial charge in [0.05, 0.1) is 0 Å². The molecule has 0 bridgehead atoms. The maximum atomic E-state index is 5.69. The van der Waals surface area contributed by atoms with Crippen molar-refractivity contribution in [3.8, 4) is 0 Å². The Hall–Kier alpha value is -0.600. The van der Waals surface area contributed by atoms with E-state index < -0.39 is 0 Å². The van der Waals surface area contributed by atoms with Crippen molar-refractivity contribution in [2.45, 2.75) is 32.1 Å². The van der Waals surface area contributed by atoms with Crippen molar-refractivity contribution in [3.05, 3.63) is 24.3 Å². The van der Waals surface area contributed by atoms with Crippen molar-refractivity contribution in [2.75, 3.05) is 23.7 Å². The van der Waals surface area contributed by atoms with E-state index in [0.717, 1.165) is 5.69 Å². The van der Waals surface area contributed by atoms with Crippen LogP contribution in [0.25, 0.3) is 0 Å². The van der Waals surface area contributed by atoms with Gasteiger partial charge in [-0.25, -0.2) is 0 Å². The Morgan fingerprint density at radius 3 is 1.76 bits per heavy atom. The molecule has 0 aliphatic carbocycles.